The Bertz CT molecular complexity index is 676. The number of aryl methyl sites for hydroxylation is 1. The summed E-state index contributed by atoms with van der Waals surface area (Å²) in [5.41, 5.74) is 3.19. The van der Waals surface area contributed by atoms with Gasteiger partial charge in [-0.25, -0.2) is 5.43 Å². The van der Waals surface area contributed by atoms with Gasteiger partial charge in [0.15, 0.2) is 0 Å². The van der Waals surface area contributed by atoms with E-state index in [0.29, 0.717) is 16.9 Å². The van der Waals surface area contributed by atoms with Crippen LogP contribution in [-0.4, -0.2) is 17.0 Å². The summed E-state index contributed by atoms with van der Waals surface area (Å²) in [5, 5.41) is 14.4. The molecular formula is C13H11N3O4. The van der Waals surface area contributed by atoms with Crippen molar-refractivity contribution in [2.24, 2.45) is 5.10 Å². The lowest BCUT2D eigenvalue weighted by atomic mass is 10.2. The lowest BCUT2D eigenvalue weighted by Crippen LogP contribution is -2.17. The van der Waals surface area contributed by atoms with Crippen molar-refractivity contribution in [3.05, 3.63) is 63.6 Å². The van der Waals surface area contributed by atoms with Crippen molar-refractivity contribution < 1.29 is 14.1 Å². The Balaban J connectivity index is 2.04. The standard InChI is InChI=1S/C13H11N3O4/c1-9-12(5-6-20-9)13(17)15-14-8-10-3-2-4-11(7-10)16(18)19/h2-8H,1H3,(H,15,17)/b14-8+. The van der Waals surface area contributed by atoms with Crippen molar-refractivity contribution in [1.29, 1.82) is 0 Å². The molecule has 0 atom stereocenters. The maximum Gasteiger partial charge on any atom is 0.274 e. The van der Waals surface area contributed by atoms with Gasteiger partial charge < -0.3 is 4.42 Å². The van der Waals surface area contributed by atoms with Crippen LogP contribution in [0.5, 0.6) is 0 Å². The largest absolute Gasteiger partial charge is 0.469 e. The second kappa shape index (κ2) is 5.79. The van der Waals surface area contributed by atoms with Crippen LogP contribution in [0.2, 0.25) is 0 Å². The fourth-order valence-corrected chi connectivity index (χ4v) is 1.56. The fourth-order valence-electron chi connectivity index (χ4n) is 1.56. The molecule has 1 aromatic heterocycles. The molecule has 1 heterocycles. The second-order valence-corrected chi connectivity index (χ2v) is 3.94. The highest BCUT2D eigenvalue weighted by Gasteiger charge is 2.10. The van der Waals surface area contributed by atoms with Crippen molar-refractivity contribution >= 4 is 17.8 Å². The number of carbonyl (C=O) groups excluding carboxylic acids is 1. The fraction of sp³-hybridized carbons (Fsp3) is 0.0769. The Morgan fingerprint density at radius 2 is 2.25 bits per heavy atom. The molecule has 7 nitrogen and oxygen atoms in total. The van der Waals surface area contributed by atoms with Crippen LogP contribution in [0.4, 0.5) is 5.69 Å². The van der Waals surface area contributed by atoms with E-state index in [0.717, 1.165) is 0 Å². The summed E-state index contributed by atoms with van der Waals surface area (Å²) < 4.78 is 5.00. The summed E-state index contributed by atoms with van der Waals surface area (Å²) in [5.74, 6) is 0.0889. The lowest BCUT2D eigenvalue weighted by Gasteiger charge is -1.97. The van der Waals surface area contributed by atoms with Gasteiger partial charge in [0.1, 0.15) is 5.76 Å². The van der Waals surface area contributed by atoms with E-state index in [1.54, 1.807) is 19.1 Å². The van der Waals surface area contributed by atoms with Gasteiger partial charge in [0.2, 0.25) is 0 Å². The highest BCUT2D eigenvalue weighted by atomic mass is 16.6. The highest BCUT2D eigenvalue weighted by molar-refractivity contribution is 5.95. The molecule has 0 spiro atoms. The van der Waals surface area contributed by atoms with Crippen molar-refractivity contribution in [3.8, 4) is 0 Å². The van der Waals surface area contributed by atoms with E-state index in [-0.39, 0.29) is 5.69 Å². The van der Waals surface area contributed by atoms with Crippen LogP contribution in [0.25, 0.3) is 0 Å². The van der Waals surface area contributed by atoms with Gasteiger partial charge in [-0.1, -0.05) is 12.1 Å². The molecule has 0 radical (unpaired) electrons. The van der Waals surface area contributed by atoms with E-state index in [4.69, 9.17) is 4.42 Å². The minimum Gasteiger partial charge on any atom is -0.469 e. The summed E-state index contributed by atoms with van der Waals surface area (Å²) in [6, 6.07) is 7.46. The second-order valence-electron chi connectivity index (χ2n) is 3.94. The summed E-state index contributed by atoms with van der Waals surface area (Å²) in [4.78, 5) is 21.8. The van der Waals surface area contributed by atoms with Gasteiger partial charge in [-0.2, -0.15) is 5.10 Å². The number of non-ortho nitro benzene ring substituents is 1. The van der Waals surface area contributed by atoms with Gasteiger partial charge in [0.05, 0.1) is 23.0 Å². The topological polar surface area (TPSA) is 97.7 Å². The van der Waals surface area contributed by atoms with Crippen LogP contribution in [0.1, 0.15) is 21.7 Å². The molecule has 20 heavy (non-hydrogen) atoms. The monoisotopic (exact) mass is 273 g/mol. The molecule has 0 aliphatic carbocycles. The third kappa shape index (κ3) is 3.08. The van der Waals surface area contributed by atoms with Gasteiger partial charge in [0.25, 0.3) is 11.6 Å². The van der Waals surface area contributed by atoms with Crippen LogP contribution in [0.15, 0.2) is 46.1 Å². The number of amides is 1. The van der Waals surface area contributed by atoms with Gasteiger partial charge in [-0.15, -0.1) is 0 Å². The molecule has 2 aromatic rings. The zero-order valence-corrected chi connectivity index (χ0v) is 10.6. The summed E-state index contributed by atoms with van der Waals surface area (Å²) >= 11 is 0. The van der Waals surface area contributed by atoms with Crippen LogP contribution in [0.3, 0.4) is 0 Å². The Kier molecular flexibility index (Phi) is 3.90. The molecule has 0 saturated carbocycles. The summed E-state index contributed by atoms with van der Waals surface area (Å²) in [6.45, 7) is 1.67. The number of nitrogens with zero attached hydrogens (tertiary/aromatic N) is 2. The molecule has 0 fully saturated rings. The Hall–Kier alpha value is -2.96. The first kappa shape index (κ1) is 13.5. The number of hydrogen-bond donors (Lipinski definition) is 1. The number of hydrogen-bond acceptors (Lipinski definition) is 5. The molecule has 1 N–H and O–H groups in total. The van der Waals surface area contributed by atoms with Crippen LogP contribution in [0, 0.1) is 17.0 Å². The first-order valence-corrected chi connectivity index (χ1v) is 5.70. The average molecular weight is 273 g/mol. The van der Waals surface area contributed by atoms with E-state index in [2.05, 4.69) is 10.5 Å². The Morgan fingerprint density at radius 3 is 2.90 bits per heavy atom. The van der Waals surface area contributed by atoms with E-state index < -0.39 is 10.8 Å². The predicted octanol–water partition coefficient (Wildman–Crippen LogP) is 2.26. The highest BCUT2D eigenvalue weighted by Crippen LogP contribution is 2.11. The molecule has 0 aliphatic rings. The normalized spacial score (nSPS) is 10.7. The van der Waals surface area contributed by atoms with Gasteiger partial charge in [0, 0.05) is 17.7 Å². The SMILES string of the molecule is Cc1occc1C(=O)N/N=C/c1cccc([N+](=O)[O-])c1. The van der Waals surface area contributed by atoms with E-state index >= 15 is 0 Å². The number of nitrogens with one attached hydrogen (secondary N) is 1. The van der Waals surface area contributed by atoms with E-state index in [1.807, 2.05) is 0 Å². The Labute approximate surface area is 114 Å². The molecule has 0 bridgehead atoms. The van der Waals surface area contributed by atoms with Crippen LogP contribution in [-0.2, 0) is 0 Å². The number of nitro benzene ring substituents is 1. The van der Waals surface area contributed by atoms with Gasteiger partial charge >= 0.3 is 0 Å². The first-order chi connectivity index (χ1) is 9.58. The minimum absolute atomic E-state index is 0.0362. The number of carbonyl (C=O) groups is 1. The molecule has 7 heteroatoms. The molecular weight excluding hydrogens is 262 g/mol. The van der Waals surface area contributed by atoms with E-state index in [1.165, 1.54) is 30.7 Å². The average Bonchev–Trinajstić information content (AvgIpc) is 2.85. The molecule has 1 amide bonds. The van der Waals surface area contributed by atoms with Crippen molar-refractivity contribution in [1.82, 2.24) is 5.43 Å². The lowest BCUT2D eigenvalue weighted by molar-refractivity contribution is -0.384. The predicted molar refractivity (Wildman–Crippen MR) is 71.6 cm³/mol. The molecule has 1 aromatic carbocycles. The maximum absolute atomic E-state index is 11.7. The first-order valence-electron chi connectivity index (χ1n) is 5.70. The van der Waals surface area contributed by atoms with Gasteiger partial charge in [-0.05, 0) is 13.0 Å². The number of benzene rings is 1. The van der Waals surface area contributed by atoms with Crippen molar-refractivity contribution in [2.45, 2.75) is 6.92 Å². The molecule has 0 saturated heterocycles. The van der Waals surface area contributed by atoms with Crippen LogP contribution >= 0.6 is 0 Å². The molecule has 0 unspecified atom stereocenters. The quantitative estimate of drug-likeness (QED) is 0.524. The minimum atomic E-state index is -0.495. The third-order valence-electron chi connectivity index (χ3n) is 2.56. The molecule has 102 valence electrons. The molecule has 0 aliphatic heterocycles. The zero-order valence-electron chi connectivity index (χ0n) is 10.6. The number of furan rings is 1. The van der Waals surface area contributed by atoms with Crippen molar-refractivity contribution in [3.63, 3.8) is 0 Å². The summed E-state index contributed by atoms with van der Waals surface area (Å²) in [6.07, 6.45) is 2.74. The third-order valence-corrected chi connectivity index (χ3v) is 2.56. The zero-order chi connectivity index (χ0) is 14.5. The number of nitro groups is 1. The smallest absolute Gasteiger partial charge is 0.274 e. The number of hydrazone groups is 1. The number of rotatable bonds is 4. The van der Waals surface area contributed by atoms with E-state index in [9.17, 15) is 14.9 Å². The Morgan fingerprint density at radius 1 is 1.45 bits per heavy atom. The molecule has 2 rings (SSSR count). The summed E-state index contributed by atoms with van der Waals surface area (Å²) in [7, 11) is 0. The van der Waals surface area contributed by atoms with Crippen LogP contribution < -0.4 is 5.43 Å². The van der Waals surface area contributed by atoms with Crippen molar-refractivity contribution in [2.75, 3.05) is 0 Å². The van der Waals surface area contributed by atoms with Gasteiger partial charge in [-0.3, -0.25) is 14.9 Å². The maximum atomic E-state index is 11.7.